The molecule has 2 aliphatic rings. The first kappa shape index (κ1) is 21.3. The monoisotopic (exact) mass is 453 g/mol. The first-order valence-electron chi connectivity index (χ1n) is 9.82. The van der Waals surface area contributed by atoms with Gasteiger partial charge in [0, 0.05) is 52.4 Å². The summed E-state index contributed by atoms with van der Waals surface area (Å²) in [4.78, 5) is 26.6. The highest BCUT2D eigenvalue weighted by atomic mass is 35.5. The summed E-state index contributed by atoms with van der Waals surface area (Å²) >= 11 is 7.32. The molecule has 0 bridgehead atoms. The normalized spacial score (nSPS) is 20.7. The Morgan fingerprint density at radius 1 is 1.27 bits per heavy atom. The number of carbonyl (C=O) groups excluding carboxylic acids is 1. The van der Waals surface area contributed by atoms with Crippen molar-refractivity contribution in [3.63, 3.8) is 0 Å². The molecule has 4 rings (SSSR count). The van der Waals surface area contributed by atoms with Crippen LogP contribution in [-0.4, -0.2) is 28.2 Å². The van der Waals surface area contributed by atoms with Gasteiger partial charge >= 0.3 is 0 Å². The van der Waals surface area contributed by atoms with Crippen molar-refractivity contribution >= 4 is 29.3 Å². The summed E-state index contributed by atoms with van der Waals surface area (Å²) in [5.74, 6) is -2.49. The number of benzene rings is 1. The van der Waals surface area contributed by atoms with E-state index in [9.17, 15) is 18.4 Å². The highest BCUT2D eigenvalue weighted by Gasteiger charge is 2.36. The third-order valence-corrected chi connectivity index (χ3v) is 7.11. The second-order valence-corrected chi connectivity index (χ2v) is 9.33. The number of alkyl halides is 2. The van der Waals surface area contributed by atoms with E-state index in [1.807, 2.05) is 12.1 Å². The van der Waals surface area contributed by atoms with Crippen molar-refractivity contribution < 1.29 is 13.6 Å². The molecule has 1 aliphatic carbocycles. The molecule has 1 aromatic carbocycles. The van der Waals surface area contributed by atoms with Crippen molar-refractivity contribution in [2.45, 2.75) is 55.1 Å². The van der Waals surface area contributed by atoms with Crippen molar-refractivity contribution in [3.8, 4) is 0 Å². The van der Waals surface area contributed by atoms with Gasteiger partial charge in [-0.1, -0.05) is 23.7 Å². The van der Waals surface area contributed by atoms with Crippen molar-refractivity contribution in [1.29, 1.82) is 0 Å². The number of hydrogen-bond donors (Lipinski definition) is 2. The molecule has 1 aromatic heterocycles. The zero-order valence-corrected chi connectivity index (χ0v) is 17.7. The average Bonchev–Trinajstić information content (AvgIpc) is 3.09. The van der Waals surface area contributed by atoms with Crippen LogP contribution in [0.5, 0.6) is 0 Å². The van der Waals surface area contributed by atoms with E-state index in [1.54, 1.807) is 18.3 Å². The summed E-state index contributed by atoms with van der Waals surface area (Å²) in [5, 5.41) is 3.47. The van der Waals surface area contributed by atoms with E-state index in [1.165, 1.54) is 16.3 Å². The van der Waals surface area contributed by atoms with Gasteiger partial charge in [-0.05, 0) is 30.5 Å². The Kier molecular flexibility index (Phi) is 5.92. The molecule has 1 saturated carbocycles. The molecule has 1 fully saturated rings. The fourth-order valence-electron chi connectivity index (χ4n) is 3.92. The summed E-state index contributed by atoms with van der Waals surface area (Å²) in [6.45, 7) is 0.274. The smallest absolute Gasteiger partial charge is 0.256 e. The van der Waals surface area contributed by atoms with Gasteiger partial charge in [0.2, 0.25) is 5.92 Å². The van der Waals surface area contributed by atoms with Crippen molar-refractivity contribution in [2.75, 3.05) is 5.75 Å². The van der Waals surface area contributed by atoms with E-state index in [-0.39, 0.29) is 49.7 Å². The minimum Gasteiger partial charge on any atom is -0.349 e. The van der Waals surface area contributed by atoms with E-state index in [0.29, 0.717) is 26.8 Å². The lowest BCUT2D eigenvalue weighted by Gasteiger charge is -2.29. The number of hydrogen-bond acceptors (Lipinski definition) is 4. The molecule has 30 heavy (non-hydrogen) atoms. The molecule has 5 nitrogen and oxygen atoms in total. The summed E-state index contributed by atoms with van der Waals surface area (Å²) in [7, 11) is 0. The third-order valence-electron chi connectivity index (χ3n) is 5.61. The van der Waals surface area contributed by atoms with E-state index in [2.05, 4.69) is 5.32 Å². The van der Waals surface area contributed by atoms with Crippen LogP contribution in [0.1, 0.15) is 53.2 Å². The summed E-state index contributed by atoms with van der Waals surface area (Å²) < 4.78 is 28.3. The Bertz CT molecular complexity index is 1020. The Hall–Kier alpha value is -1.90. The molecule has 0 saturated heterocycles. The number of nitrogens with zero attached hydrogens (tertiary/aromatic N) is 1. The molecule has 2 aromatic rings. The van der Waals surface area contributed by atoms with E-state index in [0.717, 1.165) is 5.56 Å². The maximum absolute atomic E-state index is 13.4. The SMILES string of the molecule is N[C@H]1CSc2c(C(=O)NC3CCC(F)(F)CC3)cn(Cc3ccc(Cl)cc3)c(=O)c21. The summed E-state index contributed by atoms with van der Waals surface area (Å²) in [5.41, 5.74) is 7.60. The Morgan fingerprint density at radius 3 is 2.60 bits per heavy atom. The summed E-state index contributed by atoms with van der Waals surface area (Å²) in [6, 6.07) is 6.36. The number of thioether (sulfide) groups is 1. The van der Waals surface area contributed by atoms with Crippen LogP contribution in [0.15, 0.2) is 40.2 Å². The van der Waals surface area contributed by atoms with Crippen LogP contribution < -0.4 is 16.6 Å². The maximum Gasteiger partial charge on any atom is 0.256 e. The summed E-state index contributed by atoms with van der Waals surface area (Å²) in [6.07, 6.45) is 1.56. The average molecular weight is 454 g/mol. The van der Waals surface area contributed by atoms with Crippen LogP contribution in [0.4, 0.5) is 8.78 Å². The lowest BCUT2D eigenvalue weighted by molar-refractivity contribution is -0.0399. The third kappa shape index (κ3) is 4.40. The van der Waals surface area contributed by atoms with Gasteiger partial charge in [0.1, 0.15) is 0 Å². The van der Waals surface area contributed by atoms with Gasteiger partial charge in [-0.3, -0.25) is 9.59 Å². The minimum atomic E-state index is -2.66. The largest absolute Gasteiger partial charge is 0.349 e. The van der Waals surface area contributed by atoms with Crippen LogP contribution in [0.3, 0.4) is 0 Å². The standard InChI is InChI=1S/C21H22ClF2N3O2S/c22-13-3-1-12(2-4-13)9-27-10-15(18-17(20(27)29)16(25)11-30-18)19(28)26-14-5-7-21(23,24)8-6-14/h1-4,10,14,16H,5-9,11,25H2,(H,26,28)/t16-/m0/s1. The van der Waals surface area contributed by atoms with Gasteiger partial charge in [0.15, 0.2) is 0 Å². The zero-order chi connectivity index (χ0) is 21.5. The molecule has 3 N–H and O–H groups in total. The number of amides is 1. The van der Waals surface area contributed by atoms with Gasteiger partial charge < -0.3 is 15.6 Å². The number of carbonyl (C=O) groups is 1. The van der Waals surface area contributed by atoms with E-state index in [4.69, 9.17) is 17.3 Å². The topological polar surface area (TPSA) is 77.1 Å². The molecule has 0 unspecified atom stereocenters. The first-order valence-corrected chi connectivity index (χ1v) is 11.2. The first-order chi connectivity index (χ1) is 14.2. The molecule has 0 radical (unpaired) electrons. The number of halogens is 3. The molecular weight excluding hydrogens is 432 g/mol. The quantitative estimate of drug-likeness (QED) is 0.734. The molecular formula is C21H22ClF2N3O2S. The Balaban J connectivity index is 1.63. The number of nitrogens with two attached hydrogens (primary N) is 1. The number of nitrogens with one attached hydrogen (secondary N) is 1. The molecule has 9 heteroatoms. The molecule has 1 aliphatic heterocycles. The van der Waals surface area contributed by atoms with Crippen LogP contribution in [0.2, 0.25) is 5.02 Å². The number of aromatic nitrogens is 1. The van der Waals surface area contributed by atoms with Gasteiger partial charge in [-0.15, -0.1) is 11.8 Å². The van der Waals surface area contributed by atoms with Crippen molar-refractivity contribution in [3.05, 3.63) is 62.5 Å². The molecule has 1 atom stereocenters. The Labute approximate surface area is 182 Å². The van der Waals surface area contributed by atoms with Gasteiger partial charge in [0.05, 0.1) is 12.1 Å². The van der Waals surface area contributed by atoms with Gasteiger partial charge in [0.25, 0.3) is 11.5 Å². The van der Waals surface area contributed by atoms with E-state index < -0.39 is 12.0 Å². The highest BCUT2D eigenvalue weighted by Crippen LogP contribution is 2.38. The molecule has 2 heterocycles. The highest BCUT2D eigenvalue weighted by molar-refractivity contribution is 7.99. The number of pyridine rings is 1. The second kappa shape index (κ2) is 8.32. The fraction of sp³-hybridized carbons (Fsp3) is 0.429. The van der Waals surface area contributed by atoms with Gasteiger partial charge in [-0.2, -0.15) is 0 Å². The lowest BCUT2D eigenvalue weighted by Crippen LogP contribution is -2.41. The molecule has 1 amide bonds. The number of rotatable bonds is 4. The molecule has 160 valence electrons. The second-order valence-electron chi connectivity index (χ2n) is 7.87. The molecule has 0 spiro atoms. The van der Waals surface area contributed by atoms with Crippen LogP contribution >= 0.6 is 23.4 Å². The maximum atomic E-state index is 13.4. The van der Waals surface area contributed by atoms with Crippen LogP contribution in [-0.2, 0) is 6.54 Å². The number of fused-ring (bicyclic) bond motifs is 1. The van der Waals surface area contributed by atoms with Crippen LogP contribution in [0.25, 0.3) is 0 Å². The van der Waals surface area contributed by atoms with E-state index >= 15 is 0 Å². The van der Waals surface area contributed by atoms with Gasteiger partial charge in [-0.25, -0.2) is 8.78 Å². The van der Waals surface area contributed by atoms with Crippen molar-refractivity contribution in [2.24, 2.45) is 5.73 Å². The predicted octanol–water partition coefficient (Wildman–Crippen LogP) is 3.96. The zero-order valence-electron chi connectivity index (χ0n) is 16.2. The lowest BCUT2D eigenvalue weighted by atomic mass is 9.92. The predicted molar refractivity (Wildman–Crippen MR) is 114 cm³/mol. The Morgan fingerprint density at radius 2 is 1.93 bits per heavy atom. The van der Waals surface area contributed by atoms with Crippen molar-refractivity contribution in [1.82, 2.24) is 9.88 Å². The van der Waals surface area contributed by atoms with Crippen LogP contribution in [0, 0.1) is 0 Å². The fourth-order valence-corrected chi connectivity index (χ4v) is 5.26. The minimum absolute atomic E-state index is 0.216.